The van der Waals surface area contributed by atoms with Gasteiger partial charge in [-0.25, -0.2) is 4.98 Å². The summed E-state index contributed by atoms with van der Waals surface area (Å²) < 4.78 is 5.56. The maximum absolute atomic E-state index is 11.9. The number of rotatable bonds is 5. The smallest absolute Gasteiger partial charge is 0.254 e. The predicted molar refractivity (Wildman–Crippen MR) is 80.2 cm³/mol. The quantitative estimate of drug-likeness (QED) is 0.910. The number of H-pyrrole nitrogens is 1. The van der Waals surface area contributed by atoms with Crippen molar-refractivity contribution in [2.24, 2.45) is 0 Å². The molecule has 0 aliphatic heterocycles. The summed E-state index contributed by atoms with van der Waals surface area (Å²) in [6.45, 7) is 6.55. The van der Waals surface area contributed by atoms with Gasteiger partial charge in [0.15, 0.2) is 0 Å². The molecular formula is C16H20N2O2. The fourth-order valence-electron chi connectivity index (χ4n) is 1.96. The maximum atomic E-state index is 11.9. The van der Waals surface area contributed by atoms with Gasteiger partial charge in [-0.1, -0.05) is 13.8 Å². The third-order valence-electron chi connectivity index (χ3n) is 3.14. The van der Waals surface area contributed by atoms with E-state index in [1.165, 1.54) is 0 Å². The Morgan fingerprint density at radius 3 is 2.50 bits per heavy atom. The minimum Gasteiger partial charge on any atom is -0.494 e. The molecule has 4 heteroatoms. The molecule has 0 aliphatic rings. The van der Waals surface area contributed by atoms with Gasteiger partial charge in [0.05, 0.1) is 12.3 Å². The predicted octanol–water partition coefficient (Wildman–Crippen LogP) is 3.10. The molecule has 0 bridgehead atoms. The Morgan fingerprint density at radius 1 is 1.20 bits per heavy atom. The van der Waals surface area contributed by atoms with E-state index < -0.39 is 0 Å². The first kappa shape index (κ1) is 14.3. The Hall–Kier alpha value is -2.10. The molecule has 0 atom stereocenters. The van der Waals surface area contributed by atoms with Crippen molar-refractivity contribution in [2.75, 3.05) is 6.61 Å². The summed E-state index contributed by atoms with van der Waals surface area (Å²) in [5, 5.41) is 0. The Morgan fingerprint density at radius 2 is 1.90 bits per heavy atom. The van der Waals surface area contributed by atoms with Crippen LogP contribution in [0.1, 0.15) is 31.7 Å². The molecule has 106 valence electrons. The lowest BCUT2D eigenvalue weighted by molar-refractivity contribution is 0.317. The van der Waals surface area contributed by atoms with Gasteiger partial charge >= 0.3 is 0 Å². The van der Waals surface area contributed by atoms with Crippen LogP contribution in [0.15, 0.2) is 29.1 Å². The summed E-state index contributed by atoms with van der Waals surface area (Å²) in [5.41, 5.74) is 2.25. The number of nitrogens with one attached hydrogen (secondary N) is 1. The van der Waals surface area contributed by atoms with Gasteiger partial charge < -0.3 is 9.72 Å². The molecule has 1 aromatic heterocycles. The summed E-state index contributed by atoms with van der Waals surface area (Å²) in [5.74, 6) is 1.55. The molecule has 4 nitrogen and oxygen atoms in total. The van der Waals surface area contributed by atoms with Crippen molar-refractivity contribution in [2.45, 2.75) is 33.6 Å². The number of hydrogen-bond donors (Lipinski definition) is 1. The summed E-state index contributed by atoms with van der Waals surface area (Å²) in [4.78, 5) is 19.2. The molecule has 2 rings (SSSR count). The highest BCUT2D eigenvalue weighted by Crippen LogP contribution is 2.22. The average Bonchev–Trinajstić information content (AvgIpc) is 2.48. The molecule has 2 aromatic rings. The van der Waals surface area contributed by atoms with Crippen molar-refractivity contribution in [3.63, 3.8) is 0 Å². The zero-order valence-corrected chi connectivity index (χ0v) is 12.2. The Kier molecular flexibility index (Phi) is 4.56. The molecule has 0 saturated heterocycles. The molecule has 1 heterocycles. The first-order valence-corrected chi connectivity index (χ1v) is 6.98. The topological polar surface area (TPSA) is 55.0 Å². The van der Waals surface area contributed by atoms with Gasteiger partial charge in [-0.05, 0) is 37.6 Å². The van der Waals surface area contributed by atoms with Crippen molar-refractivity contribution >= 4 is 0 Å². The summed E-state index contributed by atoms with van der Waals surface area (Å²) in [6.07, 6.45) is 1.69. The Bertz CT molecular complexity index is 630. The fraction of sp³-hybridized carbons (Fsp3) is 0.375. The van der Waals surface area contributed by atoms with Crippen molar-refractivity contribution in [3.05, 3.63) is 46.0 Å². The zero-order chi connectivity index (χ0) is 14.5. The highest BCUT2D eigenvalue weighted by molar-refractivity contribution is 5.63. The average molecular weight is 272 g/mol. The van der Waals surface area contributed by atoms with Crippen LogP contribution in [0, 0.1) is 6.92 Å². The number of benzene rings is 1. The van der Waals surface area contributed by atoms with E-state index in [9.17, 15) is 4.79 Å². The molecule has 0 radical (unpaired) electrons. The number of aryl methyl sites for hydroxylation is 1. The van der Waals surface area contributed by atoms with Crippen molar-refractivity contribution in [3.8, 4) is 17.0 Å². The monoisotopic (exact) mass is 272 g/mol. The molecule has 0 amide bonds. The van der Waals surface area contributed by atoms with Gasteiger partial charge in [0.1, 0.15) is 11.6 Å². The second kappa shape index (κ2) is 6.37. The molecule has 0 aliphatic carbocycles. The summed E-state index contributed by atoms with van der Waals surface area (Å²) in [7, 11) is 0. The molecular weight excluding hydrogens is 252 g/mol. The van der Waals surface area contributed by atoms with Gasteiger partial charge in [0.2, 0.25) is 0 Å². The fourth-order valence-corrected chi connectivity index (χ4v) is 1.96. The number of ether oxygens (including phenoxy) is 1. The van der Waals surface area contributed by atoms with Gasteiger partial charge in [-0.3, -0.25) is 4.79 Å². The third kappa shape index (κ3) is 3.07. The molecule has 0 unspecified atom stereocenters. The van der Waals surface area contributed by atoms with Crippen LogP contribution in [-0.4, -0.2) is 16.6 Å². The van der Waals surface area contributed by atoms with Crippen LogP contribution in [0.5, 0.6) is 5.75 Å². The molecule has 1 aromatic carbocycles. The van der Waals surface area contributed by atoms with Crippen molar-refractivity contribution in [1.29, 1.82) is 0 Å². The van der Waals surface area contributed by atoms with E-state index in [0.717, 1.165) is 23.4 Å². The Balaban J connectivity index is 2.36. The van der Waals surface area contributed by atoms with E-state index in [2.05, 4.69) is 16.9 Å². The molecule has 20 heavy (non-hydrogen) atoms. The van der Waals surface area contributed by atoms with E-state index >= 15 is 0 Å². The van der Waals surface area contributed by atoms with Crippen LogP contribution in [0.25, 0.3) is 11.3 Å². The molecule has 0 spiro atoms. The second-order valence-corrected chi connectivity index (χ2v) is 4.71. The zero-order valence-electron chi connectivity index (χ0n) is 12.2. The van der Waals surface area contributed by atoms with Gasteiger partial charge in [0, 0.05) is 17.5 Å². The Labute approximate surface area is 118 Å². The van der Waals surface area contributed by atoms with Crippen LogP contribution < -0.4 is 10.3 Å². The standard InChI is InChI=1S/C16H20N2O2/c1-4-10-20-13-8-6-12(7-9-13)15-11(3)16(19)18-14(5-2)17-15/h6-9H,4-5,10H2,1-3H3,(H,17,18,19). The largest absolute Gasteiger partial charge is 0.494 e. The summed E-state index contributed by atoms with van der Waals surface area (Å²) >= 11 is 0. The van der Waals surface area contributed by atoms with E-state index in [4.69, 9.17) is 4.74 Å². The van der Waals surface area contributed by atoms with Crippen LogP contribution in [0.4, 0.5) is 0 Å². The van der Waals surface area contributed by atoms with Crippen LogP contribution >= 0.6 is 0 Å². The number of nitrogens with zero attached hydrogens (tertiary/aromatic N) is 1. The van der Waals surface area contributed by atoms with Gasteiger partial charge in [-0.15, -0.1) is 0 Å². The minimum atomic E-state index is -0.0711. The van der Waals surface area contributed by atoms with E-state index in [-0.39, 0.29) is 5.56 Å². The van der Waals surface area contributed by atoms with Crippen LogP contribution in [0.3, 0.4) is 0 Å². The second-order valence-electron chi connectivity index (χ2n) is 4.71. The van der Waals surface area contributed by atoms with Crippen molar-refractivity contribution in [1.82, 2.24) is 9.97 Å². The lowest BCUT2D eigenvalue weighted by Gasteiger charge is -2.08. The number of aromatic nitrogens is 2. The minimum absolute atomic E-state index is 0.0711. The first-order valence-electron chi connectivity index (χ1n) is 6.98. The molecule has 0 saturated carbocycles. The van der Waals surface area contributed by atoms with Gasteiger partial charge in [0.25, 0.3) is 5.56 Å². The summed E-state index contributed by atoms with van der Waals surface area (Å²) in [6, 6.07) is 7.72. The SMILES string of the molecule is CCCOc1ccc(-c2nc(CC)[nH]c(=O)c2C)cc1. The van der Waals surface area contributed by atoms with E-state index in [1.54, 1.807) is 6.92 Å². The number of aromatic amines is 1. The van der Waals surface area contributed by atoms with Gasteiger partial charge in [-0.2, -0.15) is 0 Å². The normalized spacial score (nSPS) is 10.6. The lowest BCUT2D eigenvalue weighted by Crippen LogP contribution is -2.15. The first-order chi connectivity index (χ1) is 9.65. The van der Waals surface area contributed by atoms with E-state index in [1.807, 2.05) is 31.2 Å². The van der Waals surface area contributed by atoms with E-state index in [0.29, 0.717) is 24.4 Å². The van der Waals surface area contributed by atoms with Crippen LogP contribution in [-0.2, 0) is 6.42 Å². The third-order valence-corrected chi connectivity index (χ3v) is 3.14. The maximum Gasteiger partial charge on any atom is 0.254 e. The van der Waals surface area contributed by atoms with Crippen LogP contribution in [0.2, 0.25) is 0 Å². The highest BCUT2D eigenvalue weighted by Gasteiger charge is 2.09. The van der Waals surface area contributed by atoms with Crippen molar-refractivity contribution < 1.29 is 4.74 Å². The lowest BCUT2D eigenvalue weighted by atomic mass is 10.1. The number of hydrogen-bond acceptors (Lipinski definition) is 3. The molecule has 1 N–H and O–H groups in total. The highest BCUT2D eigenvalue weighted by atomic mass is 16.5. The molecule has 0 fully saturated rings.